The predicted octanol–water partition coefficient (Wildman–Crippen LogP) is 4.16. The van der Waals surface area contributed by atoms with Gasteiger partial charge in [-0.15, -0.1) is 11.3 Å². The Kier molecular flexibility index (Phi) is 4.07. The molecule has 0 fully saturated rings. The number of nitrogens with zero attached hydrogens (tertiary/aromatic N) is 5. The average Bonchev–Trinajstić information content (AvgIpc) is 3.04. The van der Waals surface area contributed by atoms with E-state index in [1.165, 1.54) is 6.33 Å². The fraction of sp³-hybridized carbons (Fsp3) is 0.167. The molecule has 0 bridgehead atoms. The molecule has 25 heavy (non-hydrogen) atoms. The Morgan fingerprint density at radius 1 is 1.12 bits per heavy atom. The molecule has 124 valence electrons. The first-order valence-corrected chi connectivity index (χ1v) is 8.79. The summed E-state index contributed by atoms with van der Waals surface area (Å²) >= 11 is 1.65. The number of thiazole rings is 1. The summed E-state index contributed by atoms with van der Waals surface area (Å²) < 4.78 is 1.08. The summed E-state index contributed by atoms with van der Waals surface area (Å²) in [6.07, 6.45) is 9.66. The van der Waals surface area contributed by atoms with Gasteiger partial charge in [0.15, 0.2) is 5.82 Å². The number of fused-ring (bicyclic) bond motifs is 1. The van der Waals surface area contributed by atoms with Crippen LogP contribution in [-0.4, -0.2) is 24.9 Å². The predicted molar refractivity (Wildman–Crippen MR) is 100 cm³/mol. The van der Waals surface area contributed by atoms with Crippen molar-refractivity contribution in [2.75, 3.05) is 5.32 Å². The maximum Gasteiger partial charge on any atom is 0.157 e. The number of rotatable bonds is 4. The second-order valence-corrected chi connectivity index (χ2v) is 6.78. The molecule has 6 nitrogen and oxygen atoms in total. The second-order valence-electron chi connectivity index (χ2n) is 5.57. The van der Waals surface area contributed by atoms with Gasteiger partial charge in [0.05, 0.1) is 9.71 Å². The van der Waals surface area contributed by atoms with Gasteiger partial charge in [-0.25, -0.2) is 19.9 Å². The number of nitrogens with one attached hydrogen (secondary N) is 1. The van der Waals surface area contributed by atoms with Crippen LogP contribution in [0.5, 0.6) is 0 Å². The monoisotopic (exact) mass is 348 g/mol. The molecule has 0 radical (unpaired) electrons. The van der Waals surface area contributed by atoms with Gasteiger partial charge >= 0.3 is 0 Å². The van der Waals surface area contributed by atoms with Crippen LogP contribution in [0, 0.1) is 6.92 Å². The van der Waals surface area contributed by atoms with E-state index in [-0.39, 0.29) is 0 Å². The van der Waals surface area contributed by atoms with Gasteiger partial charge in [-0.3, -0.25) is 4.98 Å². The van der Waals surface area contributed by atoms with E-state index in [0.717, 1.165) is 50.0 Å². The van der Waals surface area contributed by atoms with E-state index in [9.17, 15) is 0 Å². The summed E-state index contributed by atoms with van der Waals surface area (Å²) in [6, 6.07) is 3.97. The maximum absolute atomic E-state index is 4.68. The zero-order valence-electron chi connectivity index (χ0n) is 13.9. The minimum Gasteiger partial charge on any atom is -0.338 e. The first-order chi connectivity index (χ1) is 12.2. The summed E-state index contributed by atoms with van der Waals surface area (Å²) in [5.41, 5.74) is 4.79. The summed E-state index contributed by atoms with van der Waals surface area (Å²) in [5, 5.41) is 4.37. The van der Waals surface area contributed by atoms with Crippen LogP contribution in [0.15, 0.2) is 43.2 Å². The van der Waals surface area contributed by atoms with Crippen LogP contribution >= 0.6 is 11.3 Å². The normalized spacial score (nSPS) is 11.0. The molecule has 4 aromatic rings. The molecule has 0 aliphatic heterocycles. The minimum atomic E-state index is 0.744. The molecule has 4 aromatic heterocycles. The van der Waals surface area contributed by atoms with E-state index in [2.05, 4.69) is 37.2 Å². The van der Waals surface area contributed by atoms with Crippen LogP contribution in [0.2, 0.25) is 0 Å². The third-order valence-electron chi connectivity index (χ3n) is 3.84. The lowest BCUT2D eigenvalue weighted by Crippen LogP contribution is -1.97. The molecule has 0 amide bonds. The van der Waals surface area contributed by atoms with Crippen LogP contribution in [0.1, 0.15) is 17.6 Å². The maximum atomic E-state index is 4.68. The second kappa shape index (κ2) is 6.52. The molecule has 1 N–H and O–H groups in total. The summed E-state index contributed by atoms with van der Waals surface area (Å²) in [6.45, 7) is 4.09. The van der Waals surface area contributed by atoms with Crippen molar-refractivity contribution in [3.8, 4) is 11.1 Å². The largest absolute Gasteiger partial charge is 0.338 e. The van der Waals surface area contributed by atoms with Crippen LogP contribution < -0.4 is 5.32 Å². The lowest BCUT2D eigenvalue weighted by molar-refractivity contribution is 1.04. The fourth-order valence-corrected chi connectivity index (χ4v) is 3.59. The summed E-state index contributed by atoms with van der Waals surface area (Å²) in [5.74, 6) is 0.744. The van der Waals surface area contributed by atoms with E-state index in [1.807, 2.05) is 25.3 Å². The van der Waals surface area contributed by atoms with Crippen molar-refractivity contribution in [3.63, 3.8) is 0 Å². The molecular weight excluding hydrogens is 332 g/mol. The molecule has 0 unspecified atom stereocenters. The Labute approximate surface area is 149 Å². The standard InChI is InChI=1S/C18H16N6S/c1-3-13-6-14(4-5-21-13)24-18-16-17(25-11(2)23-16)15(9-22-18)12-7-19-10-20-8-12/h4-10H,3H2,1-2H3,(H,21,22,24). The zero-order chi connectivity index (χ0) is 17.2. The average molecular weight is 348 g/mol. The van der Waals surface area contributed by atoms with Gasteiger partial charge in [0.25, 0.3) is 0 Å². The number of anilines is 2. The third kappa shape index (κ3) is 3.06. The molecule has 4 rings (SSSR count). The van der Waals surface area contributed by atoms with Gasteiger partial charge in [0.2, 0.25) is 0 Å². The topological polar surface area (TPSA) is 76.5 Å². The molecule has 4 heterocycles. The molecule has 0 aromatic carbocycles. The summed E-state index contributed by atoms with van der Waals surface area (Å²) in [7, 11) is 0. The molecule has 7 heteroatoms. The highest BCUT2D eigenvalue weighted by atomic mass is 32.1. The van der Waals surface area contributed by atoms with E-state index in [0.29, 0.717) is 0 Å². The lowest BCUT2D eigenvalue weighted by Gasteiger charge is -2.09. The van der Waals surface area contributed by atoms with E-state index >= 15 is 0 Å². The van der Waals surface area contributed by atoms with Crippen LogP contribution in [0.25, 0.3) is 21.3 Å². The van der Waals surface area contributed by atoms with Gasteiger partial charge in [-0.1, -0.05) is 6.92 Å². The number of hydrogen-bond donors (Lipinski definition) is 1. The number of aryl methyl sites for hydroxylation is 2. The molecule has 0 saturated heterocycles. The molecular formula is C18H16N6S. The van der Waals surface area contributed by atoms with Gasteiger partial charge in [-0.05, 0) is 25.5 Å². The minimum absolute atomic E-state index is 0.744. The Balaban J connectivity index is 1.81. The van der Waals surface area contributed by atoms with Crippen LogP contribution in [0.4, 0.5) is 11.5 Å². The van der Waals surface area contributed by atoms with Crippen LogP contribution in [-0.2, 0) is 6.42 Å². The Morgan fingerprint density at radius 2 is 1.96 bits per heavy atom. The Bertz CT molecular complexity index is 1030. The van der Waals surface area contributed by atoms with Gasteiger partial charge < -0.3 is 5.32 Å². The first kappa shape index (κ1) is 15.6. The van der Waals surface area contributed by atoms with Crippen molar-refractivity contribution < 1.29 is 0 Å². The quantitative estimate of drug-likeness (QED) is 0.597. The molecule has 0 saturated carbocycles. The molecule has 0 atom stereocenters. The smallest absolute Gasteiger partial charge is 0.157 e. The SMILES string of the molecule is CCc1cc(Nc2ncc(-c3cncnc3)c3sc(C)nc23)ccn1. The van der Waals surface area contributed by atoms with Crippen molar-refractivity contribution in [1.29, 1.82) is 0 Å². The first-order valence-electron chi connectivity index (χ1n) is 7.98. The molecule has 0 spiro atoms. The third-order valence-corrected chi connectivity index (χ3v) is 4.84. The Hall–Kier alpha value is -2.93. The summed E-state index contributed by atoms with van der Waals surface area (Å²) in [4.78, 5) is 21.8. The number of aromatic nitrogens is 5. The zero-order valence-corrected chi connectivity index (χ0v) is 14.7. The van der Waals surface area contributed by atoms with Gasteiger partial charge in [0, 0.05) is 47.3 Å². The van der Waals surface area contributed by atoms with Crippen molar-refractivity contribution in [2.24, 2.45) is 0 Å². The van der Waals surface area contributed by atoms with Crippen molar-refractivity contribution >= 4 is 33.1 Å². The highest BCUT2D eigenvalue weighted by Gasteiger charge is 2.14. The van der Waals surface area contributed by atoms with E-state index < -0.39 is 0 Å². The number of hydrogen-bond acceptors (Lipinski definition) is 7. The van der Waals surface area contributed by atoms with Gasteiger partial charge in [-0.2, -0.15) is 0 Å². The fourth-order valence-electron chi connectivity index (χ4n) is 2.64. The molecule has 0 aliphatic rings. The van der Waals surface area contributed by atoms with Crippen LogP contribution in [0.3, 0.4) is 0 Å². The van der Waals surface area contributed by atoms with Crippen molar-refractivity contribution in [1.82, 2.24) is 24.9 Å². The highest BCUT2D eigenvalue weighted by Crippen LogP contribution is 2.35. The van der Waals surface area contributed by atoms with Crippen molar-refractivity contribution in [2.45, 2.75) is 20.3 Å². The van der Waals surface area contributed by atoms with Gasteiger partial charge in [0.1, 0.15) is 11.8 Å². The Morgan fingerprint density at radius 3 is 2.76 bits per heavy atom. The molecule has 0 aliphatic carbocycles. The number of pyridine rings is 2. The van der Waals surface area contributed by atoms with E-state index in [4.69, 9.17) is 0 Å². The highest BCUT2D eigenvalue weighted by molar-refractivity contribution is 7.19. The lowest BCUT2D eigenvalue weighted by atomic mass is 10.1. The van der Waals surface area contributed by atoms with Crippen molar-refractivity contribution in [3.05, 3.63) is 53.9 Å². The van der Waals surface area contributed by atoms with E-state index in [1.54, 1.807) is 29.9 Å².